The summed E-state index contributed by atoms with van der Waals surface area (Å²) in [5.41, 5.74) is 4.17. The molecule has 2 aromatic rings. The molecule has 0 bridgehead atoms. The van der Waals surface area contributed by atoms with Gasteiger partial charge in [0.05, 0.1) is 6.10 Å². The first-order valence-electron chi connectivity index (χ1n) is 6.72. The summed E-state index contributed by atoms with van der Waals surface area (Å²) < 4.78 is 0. The van der Waals surface area contributed by atoms with Gasteiger partial charge in [-0.2, -0.15) is 0 Å². The molecule has 106 valence electrons. The molecule has 0 amide bonds. The fourth-order valence-corrected chi connectivity index (χ4v) is 1.63. The van der Waals surface area contributed by atoms with Crippen molar-refractivity contribution >= 4 is 5.78 Å². The number of aliphatic hydroxyl groups is 1. The lowest BCUT2D eigenvalue weighted by atomic mass is 10.1. The molecular weight excluding hydrogens is 248 g/mol. The van der Waals surface area contributed by atoms with Gasteiger partial charge >= 0.3 is 0 Å². The number of aryl methyl sites for hydroxylation is 2. The Kier molecular flexibility index (Phi) is 6.13. The summed E-state index contributed by atoms with van der Waals surface area (Å²) in [6.45, 7) is 7.38. The van der Waals surface area contributed by atoms with Gasteiger partial charge in [0.25, 0.3) is 0 Å². The van der Waals surface area contributed by atoms with Crippen LogP contribution in [0, 0.1) is 13.8 Å². The molecule has 1 atom stereocenters. The van der Waals surface area contributed by atoms with Gasteiger partial charge in [-0.3, -0.25) is 4.79 Å². The van der Waals surface area contributed by atoms with E-state index < -0.39 is 0 Å². The van der Waals surface area contributed by atoms with E-state index in [1.165, 1.54) is 11.1 Å². The van der Waals surface area contributed by atoms with E-state index in [1.807, 2.05) is 62.4 Å². The first-order valence-corrected chi connectivity index (χ1v) is 6.72. The molecule has 2 heteroatoms. The summed E-state index contributed by atoms with van der Waals surface area (Å²) in [7, 11) is 0. The fourth-order valence-electron chi connectivity index (χ4n) is 1.63. The first-order chi connectivity index (χ1) is 9.40. The van der Waals surface area contributed by atoms with E-state index in [9.17, 15) is 4.79 Å². The molecule has 20 heavy (non-hydrogen) atoms. The van der Waals surface area contributed by atoms with Crippen LogP contribution in [0.3, 0.4) is 0 Å². The van der Waals surface area contributed by atoms with Crippen LogP contribution in [0.1, 0.15) is 47.0 Å². The molecule has 2 aromatic carbocycles. The zero-order valence-electron chi connectivity index (χ0n) is 12.6. The van der Waals surface area contributed by atoms with Crippen LogP contribution in [0.25, 0.3) is 0 Å². The molecular formula is C18H22O2. The maximum Gasteiger partial charge on any atom is 0.159 e. The second-order valence-electron chi connectivity index (χ2n) is 5.01. The van der Waals surface area contributed by atoms with Crippen molar-refractivity contribution < 1.29 is 9.90 Å². The predicted molar refractivity (Wildman–Crippen MR) is 83.0 cm³/mol. The topological polar surface area (TPSA) is 37.3 Å². The molecule has 0 saturated heterocycles. The monoisotopic (exact) mass is 270 g/mol. The normalized spacial score (nSPS) is 11.2. The minimum Gasteiger partial charge on any atom is -0.389 e. The summed E-state index contributed by atoms with van der Waals surface area (Å²) in [4.78, 5) is 10.8. The van der Waals surface area contributed by atoms with Gasteiger partial charge in [0.2, 0.25) is 0 Å². The van der Waals surface area contributed by atoms with E-state index in [2.05, 4.69) is 0 Å². The van der Waals surface area contributed by atoms with Crippen LogP contribution in [0.15, 0.2) is 48.5 Å². The Bertz CT molecular complexity index is 537. The minimum absolute atomic E-state index is 0.125. The van der Waals surface area contributed by atoms with E-state index >= 15 is 0 Å². The van der Waals surface area contributed by atoms with E-state index in [1.54, 1.807) is 13.8 Å². The van der Waals surface area contributed by atoms with Gasteiger partial charge < -0.3 is 5.11 Å². The average molecular weight is 270 g/mol. The zero-order chi connectivity index (χ0) is 15.1. The number of ketones is 1. The molecule has 0 aliphatic carbocycles. The van der Waals surface area contributed by atoms with Crippen molar-refractivity contribution in [2.45, 2.75) is 33.8 Å². The van der Waals surface area contributed by atoms with Crippen molar-refractivity contribution in [2.24, 2.45) is 0 Å². The number of hydrogen-bond donors (Lipinski definition) is 1. The van der Waals surface area contributed by atoms with Crippen LogP contribution in [0.2, 0.25) is 0 Å². The van der Waals surface area contributed by atoms with E-state index in [0.717, 1.165) is 11.1 Å². The molecule has 0 aliphatic heterocycles. The summed E-state index contributed by atoms with van der Waals surface area (Å²) in [6.07, 6.45) is -0.347. The number of carbonyl (C=O) groups excluding carboxylic acids is 1. The molecule has 0 aromatic heterocycles. The predicted octanol–water partition coefficient (Wildman–Crippen LogP) is 4.25. The van der Waals surface area contributed by atoms with E-state index in [4.69, 9.17) is 5.11 Å². The number of aliphatic hydroxyl groups excluding tert-OH is 1. The molecule has 2 rings (SSSR count). The molecule has 0 radical (unpaired) electrons. The van der Waals surface area contributed by atoms with Crippen molar-refractivity contribution in [3.63, 3.8) is 0 Å². The lowest BCUT2D eigenvalue weighted by molar-refractivity contribution is 0.101. The zero-order valence-corrected chi connectivity index (χ0v) is 12.6. The Labute approximate surface area is 121 Å². The summed E-state index contributed by atoms with van der Waals surface area (Å²) in [6, 6.07) is 15.5. The molecule has 0 unspecified atom stereocenters. The van der Waals surface area contributed by atoms with Crippen LogP contribution in [-0.4, -0.2) is 10.9 Å². The lowest BCUT2D eigenvalue weighted by Crippen LogP contribution is -1.90. The Morgan fingerprint density at radius 3 is 1.65 bits per heavy atom. The molecule has 0 saturated carbocycles. The third-order valence-corrected chi connectivity index (χ3v) is 3.02. The van der Waals surface area contributed by atoms with Crippen LogP contribution in [0.5, 0.6) is 0 Å². The lowest BCUT2D eigenvalue weighted by Gasteiger charge is -2.02. The second-order valence-corrected chi connectivity index (χ2v) is 5.01. The Balaban J connectivity index is 0.000000200. The van der Waals surface area contributed by atoms with Gasteiger partial charge in [0.15, 0.2) is 5.78 Å². The standard InChI is InChI=1S/C9H12O.C9H10O/c2*1-7-3-5-9(6-4-7)8(2)10/h3-6,8,10H,1-2H3;3-6H,1-2H3/t8-;/m1./s1. The molecule has 0 spiro atoms. The van der Waals surface area contributed by atoms with Crippen molar-refractivity contribution in [3.05, 3.63) is 70.8 Å². The van der Waals surface area contributed by atoms with Crippen molar-refractivity contribution in [1.29, 1.82) is 0 Å². The van der Waals surface area contributed by atoms with Crippen LogP contribution in [-0.2, 0) is 0 Å². The second kappa shape index (κ2) is 7.61. The number of Topliss-reactive ketones (excluding diaryl/α,β-unsaturated/α-hetero) is 1. The Morgan fingerprint density at radius 2 is 1.30 bits per heavy atom. The van der Waals surface area contributed by atoms with Gasteiger partial charge in [-0.25, -0.2) is 0 Å². The quantitative estimate of drug-likeness (QED) is 0.828. The van der Waals surface area contributed by atoms with Crippen LogP contribution in [0.4, 0.5) is 0 Å². The third kappa shape index (κ3) is 5.37. The van der Waals surface area contributed by atoms with E-state index in [-0.39, 0.29) is 11.9 Å². The summed E-state index contributed by atoms with van der Waals surface area (Å²) in [5.74, 6) is 0.125. The van der Waals surface area contributed by atoms with Crippen molar-refractivity contribution in [2.75, 3.05) is 0 Å². The van der Waals surface area contributed by atoms with Gasteiger partial charge in [-0.15, -0.1) is 0 Å². The highest BCUT2D eigenvalue weighted by molar-refractivity contribution is 5.93. The first kappa shape index (κ1) is 16.1. The largest absolute Gasteiger partial charge is 0.389 e. The number of rotatable bonds is 2. The highest BCUT2D eigenvalue weighted by atomic mass is 16.3. The Hall–Kier alpha value is -1.93. The maximum atomic E-state index is 10.8. The van der Waals surface area contributed by atoms with Gasteiger partial charge in [0.1, 0.15) is 0 Å². The smallest absolute Gasteiger partial charge is 0.159 e. The minimum atomic E-state index is -0.347. The third-order valence-electron chi connectivity index (χ3n) is 3.02. The molecule has 2 nitrogen and oxygen atoms in total. The van der Waals surface area contributed by atoms with Gasteiger partial charge in [-0.1, -0.05) is 59.7 Å². The average Bonchev–Trinajstić information content (AvgIpc) is 2.40. The number of hydrogen-bond acceptors (Lipinski definition) is 2. The van der Waals surface area contributed by atoms with Gasteiger partial charge in [0, 0.05) is 5.56 Å². The molecule has 0 aliphatic rings. The van der Waals surface area contributed by atoms with Crippen LogP contribution >= 0.6 is 0 Å². The Morgan fingerprint density at radius 1 is 0.900 bits per heavy atom. The molecule has 0 heterocycles. The van der Waals surface area contributed by atoms with E-state index in [0.29, 0.717) is 0 Å². The highest BCUT2D eigenvalue weighted by Gasteiger charge is 1.97. The number of benzene rings is 2. The summed E-state index contributed by atoms with van der Waals surface area (Å²) in [5, 5.41) is 9.11. The molecule has 0 fully saturated rings. The summed E-state index contributed by atoms with van der Waals surface area (Å²) >= 11 is 0. The molecule has 1 N–H and O–H groups in total. The fraction of sp³-hybridized carbons (Fsp3) is 0.278. The maximum absolute atomic E-state index is 10.8. The van der Waals surface area contributed by atoms with Crippen LogP contribution < -0.4 is 0 Å². The van der Waals surface area contributed by atoms with Crippen molar-refractivity contribution in [1.82, 2.24) is 0 Å². The number of carbonyl (C=O) groups is 1. The SMILES string of the molecule is CC(=O)c1ccc(C)cc1.Cc1ccc([C@@H](C)O)cc1. The van der Waals surface area contributed by atoms with Crippen molar-refractivity contribution in [3.8, 4) is 0 Å². The highest BCUT2D eigenvalue weighted by Crippen LogP contribution is 2.11. The van der Waals surface area contributed by atoms with Gasteiger partial charge in [-0.05, 0) is 33.3 Å².